The Morgan fingerprint density at radius 3 is 2.16 bits per heavy atom. The molecule has 0 bridgehead atoms. The van der Waals surface area contributed by atoms with E-state index in [2.05, 4.69) is 0 Å². The van der Waals surface area contributed by atoms with Crippen molar-refractivity contribution in [1.82, 2.24) is 4.90 Å². The van der Waals surface area contributed by atoms with Crippen LogP contribution < -0.4 is 0 Å². The Balaban J connectivity index is 2.05. The first-order chi connectivity index (χ1) is 8.80. The summed E-state index contributed by atoms with van der Waals surface area (Å²) in [7, 11) is -3.02. The van der Waals surface area contributed by atoms with Gasteiger partial charge in [0.2, 0.25) is 5.91 Å². The Morgan fingerprint density at radius 2 is 1.63 bits per heavy atom. The molecule has 2 aliphatic rings. The number of sulfone groups is 1. The van der Waals surface area contributed by atoms with Gasteiger partial charge in [-0.3, -0.25) is 9.59 Å². The number of nitrogens with zero attached hydrogens (tertiary/aromatic N) is 1. The van der Waals surface area contributed by atoms with Crippen molar-refractivity contribution >= 4 is 21.7 Å². The fraction of sp³-hybridized carbons (Fsp3) is 0.833. The number of hydrogen-bond donors (Lipinski definition) is 1. The SMILES string of the molecule is CC1C[C@H](C(=O)N2CCS(=O)(=O)CC2)[C@H](C(=O)O)C1. The minimum Gasteiger partial charge on any atom is -0.481 e. The van der Waals surface area contributed by atoms with E-state index in [-0.39, 0.29) is 36.4 Å². The number of aliphatic carboxylic acids is 1. The van der Waals surface area contributed by atoms with Crippen LogP contribution in [-0.4, -0.2) is 54.9 Å². The highest BCUT2D eigenvalue weighted by molar-refractivity contribution is 7.91. The number of rotatable bonds is 2. The average molecular weight is 289 g/mol. The second-order valence-corrected chi connectivity index (χ2v) is 7.91. The van der Waals surface area contributed by atoms with Gasteiger partial charge in [0.1, 0.15) is 0 Å². The Morgan fingerprint density at radius 1 is 1.11 bits per heavy atom. The highest BCUT2D eigenvalue weighted by Crippen LogP contribution is 2.37. The lowest BCUT2D eigenvalue weighted by Gasteiger charge is -2.30. The Labute approximate surface area is 112 Å². The lowest BCUT2D eigenvalue weighted by atomic mass is 9.95. The normalized spacial score (nSPS) is 34.2. The van der Waals surface area contributed by atoms with Gasteiger partial charge in [-0.15, -0.1) is 0 Å². The van der Waals surface area contributed by atoms with E-state index in [9.17, 15) is 18.0 Å². The minimum absolute atomic E-state index is 0.0151. The van der Waals surface area contributed by atoms with Crippen LogP contribution in [0.15, 0.2) is 0 Å². The fourth-order valence-corrected chi connectivity index (χ4v) is 4.21. The summed E-state index contributed by atoms with van der Waals surface area (Å²) in [4.78, 5) is 25.0. The van der Waals surface area contributed by atoms with Gasteiger partial charge in [0, 0.05) is 13.1 Å². The quantitative estimate of drug-likeness (QED) is 0.772. The van der Waals surface area contributed by atoms with Crippen molar-refractivity contribution in [2.75, 3.05) is 24.6 Å². The summed E-state index contributed by atoms with van der Waals surface area (Å²) in [6, 6.07) is 0. The molecule has 1 unspecified atom stereocenters. The molecule has 0 aromatic carbocycles. The molecule has 108 valence electrons. The Hall–Kier alpha value is -1.11. The minimum atomic E-state index is -3.02. The summed E-state index contributed by atoms with van der Waals surface area (Å²) < 4.78 is 22.7. The van der Waals surface area contributed by atoms with Gasteiger partial charge in [-0.25, -0.2) is 8.42 Å². The van der Waals surface area contributed by atoms with E-state index >= 15 is 0 Å². The van der Waals surface area contributed by atoms with Crippen LogP contribution in [0.5, 0.6) is 0 Å². The molecule has 0 radical (unpaired) electrons. The van der Waals surface area contributed by atoms with Crippen molar-refractivity contribution < 1.29 is 23.1 Å². The van der Waals surface area contributed by atoms with Crippen molar-refractivity contribution in [3.05, 3.63) is 0 Å². The van der Waals surface area contributed by atoms with Crippen LogP contribution in [-0.2, 0) is 19.4 Å². The standard InChI is InChI=1S/C12H19NO5S/c1-8-6-9(10(7-8)12(15)16)11(14)13-2-4-19(17,18)5-3-13/h8-10H,2-7H2,1H3,(H,15,16)/t8?,9-,10+/m0/s1. The monoisotopic (exact) mass is 289 g/mol. The number of amides is 1. The largest absolute Gasteiger partial charge is 0.481 e. The van der Waals surface area contributed by atoms with E-state index in [0.29, 0.717) is 12.8 Å². The zero-order chi connectivity index (χ0) is 14.2. The van der Waals surface area contributed by atoms with E-state index in [1.54, 1.807) is 0 Å². The summed E-state index contributed by atoms with van der Waals surface area (Å²) in [5, 5.41) is 9.17. The lowest BCUT2D eigenvalue weighted by molar-refractivity contribution is -0.149. The molecule has 1 aliphatic carbocycles. The summed E-state index contributed by atoms with van der Waals surface area (Å²) in [6.45, 7) is 2.33. The second-order valence-electron chi connectivity index (χ2n) is 5.60. The van der Waals surface area contributed by atoms with Crippen LogP contribution in [0.3, 0.4) is 0 Å². The van der Waals surface area contributed by atoms with Gasteiger partial charge in [0.15, 0.2) is 9.84 Å². The zero-order valence-corrected chi connectivity index (χ0v) is 11.7. The lowest BCUT2D eigenvalue weighted by Crippen LogP contribution is -2.47. The van der Waals surface area contributed by atoms with Gasteiger partial charge >= 0.3 is 5.97 Å². The van der Waals surface area contributed by atoms with E-state index in [1.807, 2.05) is 6.92 Å². The molecule has 1 heterocycles. The molecule has 3 atom stereocenters. The fourth-order valence-electron chi connectivity index (χ4n) is 3.00. The molecule has 1 N–H and O–H groups in total. The molecule has 19 heavy (non-hydrogen) atoms. The molecule has 6 nitrogen and oxygen atoms in total. The summed E-state index contributed by atoms with van der Waals surface area (Å²) in [5.41, 5.74) is 0. The molecular weight excluding hydrogens is 270 g/mol. The number of hydrogen-bond acceptors (Lipinski definition) is 4. The summed E-state index contributed by atoms with van der Waals surface area (Å²) >= 11 is 0. The van der Waals surface area contributed by atoms with Gasteiger partial charge < -0.3 is 10.0 Å². The van der Waals surface area contributed by atoms with Gasteiger partial charge in [0.25, 0.3) is 0 Å². The maximum absolute atomic E-state index is 12.3. The topological polar surface area (TPSA) is 91.8 Å². The number of carbonyl (C=O) groups is 2. The first-order valence-corrected chi connectivity index (χ1v) is 8.34. The molecular formula is C12H19NO5S. The molecule has 2 rings (SSSR count). The number of carboxylic acids is 1. The Bertz CT molecular complexity index is 472. The Kier molecular flexibility index (Phi) is 3.85. The second kappa shape index (κ2) is 5.11. The molecule has 7 heteroatoms. The van der Waals surface area contributed by atoms with Gasteiger partial charge in [-0.1, -0.05) is 6.92 Å². The van der Waals surface area contributed by atoms with Gasteiger partial charge in [-0.05, 0) is 18.8 Å². The third-order valence-electron chi connectivity index (χ3n) is 4.09. The van der Waals surface area contributed by atoms with Crippen LogP contribution in [0.2, 0.25) is 0 Å². The van der Waals surface area contributed by atoms with E-state index in [1.165, 1.54) is 4.90 Å². The smallest absolute Gasteiger partial charge is 0.307 e. The van der Waals surface area contributed by atoms with E-state index in [4.69, 9.17) is 5.11 Å². The molecule has 0 spiro atoms. The van der Waals surface area contributed by atoms with Crippen molar-refractivity contribution in [3.8, 4) is 0 Å². The first kappa shape index (κ1) is 14.3. The maximum Gasteiger partial charge on any atom is 0.307 e. The van der Waals surface area contributed by atoms with Crippen molar-refractivity contribution in [2.45, 2.75) is 19.8 Å². The molecule has 2 fully saturated rings. The van der Waals surface area contributed by atoms with Crippen molar-refractivity contribution in [1.29, 1.82) is 0 Å². The molecule has 0 aromatic heterocycles. The van der Waals surface area contributed by atoms with Crippen LogP contribution in [0, 0.1) is 17.8 Å². The zero-order valence-electron chi connectivity index (χ0n) is 10.9. The molecule has 1 aliphatic heterocycles. The van der Waals surface area contributed by atoms with Crippen LogP contribution in [0.4, 0.5) is 0 Å². The average Bonchev–Trinajstić information content (AvgIpc) is 2.70. The third-order valence-corrected chi connectivity index (χ3v) is 5.70. The number of carboxylic acid groups (broad SMARTS) is 1. The molecule has 1 saturated heterocycles. The van der Waals surface area contributed by atoms with Crippen LogP contribution in [0.25, 0.3) is 0 Å². The molecule has 1 saturated carbocycles. The van der Waals surface area contributed by atoms with Crippen molar-refractivity contribution in [3.63, 3.8) is 0 Å². The summed E-state index contributed by atoms with van der Waals surface area (Å²) in [5.74, 6) is -2.03. The van der Waals surface area contributed by atoms with E-state index in [0.717, 1.165) is 0 Å². The molecule has 0 aromatic rings. The van der Waals surface area contributed by atoms with Gasteiger partial charge in [-0.2, -0.15) is 0 Å². The predicted molar refractivity (Wildman–Crippen MR) is 68.2 cm³/mol. The first-order valence-electron chi connectivity index (χ1n) is 6.52. The van der Waals surface area contributed by atoms with Gasteiger partial charge in [0.05, 0.1) is 23.3 Å². The number of carbonyl (C=O) groups excluding carboxylic acids is 1. The van der Waals surface area contributed by atoms with Crippen LogP contribution in [0.1, 0.15) is 19.8 Å². The van der Waals surface area contributed by atoms with E-state index < -0.39 is 27.6 Å². The highest BCUT2D eigenvalue weighted by Gasteiger charge is 2.43. The summed E-state index contributed by atoms with van der Waals surface area (Å²) in [6.07, 6.45) is 1.11. The highest BCUT2D eigenvalue weighted by atomic mass is 32.2. The molecule has 1 amide bonds. The third kappa shape index (κ3) is 3.08. The van der Waals surface area contributed by atoms with Crippen molar-refractivity contribution in [2.24, 2.45) is 17.8 Å². The van der Waals surface area contributed by atoms with Crippen LogP contribution >= 0.6 is 0 Å². The predicted octanol–water partition coefficient (Wildman–Crippen LogP) is -0.00970. The maximum atomic E-state index is 12.3.